The molecule has 18 heavy (non-hydrogen) atoms. The number of allylic oxidation sites excluding steroid dienone is 4. The van der Waals surface area contributed by atoms with Crippen LogP contribution in [-0.4, -0.2) is 11.1 Å². The van der Waals surface area contributed by atoms with Crippen LogP contribution in [0.1, 0.15) is 12.8 Å². The Bertz CT molecular complexity index is 677. The van der Waals surface area contributed by atoms with Crippen LogP contribution in [0.5, 0.6) is 0 Å². The fourth-order valence-corrected chi connectivity index (χ4v) is 2.75. The van der Waals surface area contributed by atoms with E-state index in [4.69, 9.17) is 0 Å². The minimum Gasteiger partial charge on any atom is -0.481 e. The van der Waals surface area contributed by atoms with Gasteiger partial charge in [0.05, 0.1) is 5.92 Å². The smallest absolute Gasteiger partial charge is 0.311 e. The van der Waals surface area contributed by atoms with Crippen molar-refractivity contribution in [1.82, 2.24) is 0 Å². The number of fused-ring (bicyclic) bond motifs is 2. The van der Waals surface area contributed by atoms with Gasteiger partial charge in [-0.15, -0.1) is 0 Å². The van der Waals surface area contributed by atoms with Gasteiger partial charge in [-0.05, 0) is 34.4 Å². The molecule has 1 aromatic carbocycles. The van der Waals surface area contributed by atoms with Gasteiger partial charge in [0.1, 0.15) is 0 Å². The summed E-state index contributed by atoms with van der Waals surface area (Å²) in [5.74, 6) is -1.11. The number of hydrogen-bond donors (Lipinski definition) is 1. The summed E-state index contributed by atoms with van der Waals surface area (Å²) in [6.45, 7) is 0. The largest absolute Gasteiger partial charge is 0.481 e. The third-order valence-corrected chi connectivity index (χ3v) is 3.58. The van der Waals surface area contributed by atoms with Crippen molar-refractivity contribution < 1.29 is 9.90 Å². The molecule has 2 aliphatic carbocycles. The molecule has 1 aromatic rings. The van der Waals surface area contributed by atoms with Gasteiger partial charge in [-0.25, -0.2) is 0 Å². The summed E-state index contributed by atoms with van der Waals surface area (Å²) < 4.78 is 0. The lowest BCUT2D eigenvalue weighted by Gasteiger charge is -2.21. The van der Waals surface area contributed by atoms with Crippen LogP contribution in [-0.2, 0) is 4.79 Å². The monoisotopic (exact) mass is 238 g/mol. The first-order chi connectivity index (χ1) is 8.77. The van der Waals surface area contributed by atoms with E-state index in [0.717, 1.165) is 28.0 Å². The Labute approximate surface area is 105 Å². The second-order valence-corrected chi connectivity index (χ2v) is 4.65. The molecule has 2 heteroatoms. The van der Waals surface area contributed by atoms with Gasteiger partial charge >= 0.3 is 5.97 Å². The summed E-state index contributed by atoms with van der Waals surface area (Å²) >= 11 is 0. The molecule has 0 aromatic heterocycles. The van der Waals surface area contributed by atoms with Gasteiger partial charge in [0, 0.05) is 0 Å². The number of hydrogen-bond acceptors (Lipinski definition) is 1. The molecule has 0 saturated heterocycles. The lowest BCUT2D eigenvalue weighted by atomic mass is 9.82. The van der Waals surface area contributed by atoms with E-state index in [1.54, 1.807) is 0 Å². The average Bonchev–Trinajstić information content (AvgIpc) is 2.57. The van der Waals surface area contributed by atoms with Crippen molar-refractivity contribution in [1.29, 1.82) is 0 Å². The van der Waals surface area contributed by atoms with Crippen molar-refractivity contribution in [3.05, 3.63) is 58.5 Å². The first kappa shape index (κ1) is 11.0. The van der Waals surface area contributed by atoms with Crippen molar-refractivity contribution in [2.75, 3.05) is 0 Å². The summed E-state index contributed by atoms with van der Waals surface area (Å²) in [5, 5.41) is 11.6. The number of carboxylic acids is 1. The van der Waals surface area contributed by atoms with E-state index in [0.29, 0.717) is 6.42 Å². The first-order valence-corrected chi connectivity index (χ1v) is 6.18. The molecule has 0 bridgehead atoms. The van der Waals surface area contributed by atoms with E-state index < -0.39 is 5.97 Å². The minimum absolute atomic E-state index is 0.387. The number of carbonyl (C=O) groups is 1. The maximum Gasteiger partial charge on any atom is 0.311 e. The Balaban J connectivity index is 2.40. The van der Waals surface area contributed by atoms with Crippen LogP contribution >= 0.6 is 0 Å². The molecule has 2 aliphatic rings. The maximum absolute atomic E-state index is 11.4. The molecule has 0 heterocycles. The molecule has 0 radical (unpaired) electrons. The highest BCUT2D eigenvalue weighted by Crippen LogP contribution is 2.31. The standard InChI is InChI=1S/C16H14O2/c17-16(18)14-10-4-8-12-7-3-6-11-5-1-2-9-13(11)15(12)14/h1-3,5-9,14H,4,10H2,(H,17,18). The zero-order chi connectivity index (χ0) is 12.5. The molecule has 3 rings (SSSR count). The molecule has 0 saturated carbocycles. The van der Waals surface area contributed by atoms with Crippen molar-refractivity contribution >= 4 is 17.6 Å². The highest BCUT2D eigenvalue weighted by molar-refractivity contribution is 5.89. The van der Waals surface area contributed by atoms with E-state index in [1.165, 1.54) is 0 Å². The Kier molecular flexibility index (Phi) is 2.63. The second-order valence-electron chi connectivity index (χ2n) is 4.65. The molecule has 90 valence electrons. The Morgan fingerprint density at radius 3 is 2.94 bits per heavy atom. The Morgan fingerprint density at radius 1 is 1.28 bits per heavy atom. The van der Waals surface area contributed by atoms with Gasteiger partial charge in [-0.2, -0.15) is 0 Å². The molecule has 0 aliphatic heterocycles. The van der Waals surface area contributed by atoms with Crippen LogP contribution in [0.2, 0.25) is 0 Å². The van der Waals surface area contributed by atoms with Gasteiger partial charge in [0.25, 0.3) is 0 Å². The summed E-state index contributed by atoms with van der Waals surface area (Å²) in [5.41, 5.74) is 2.03. The van der Waals surface area contributed by atoms with Crippen LogP contribution in [0.25, 0.3) is 11.6 Å². The lowest BCUT2D eigenvalue weighted by Crippen LogP contribution is -2.32. The van der Waals surface area contributed by atoms with Gasteiger partial charge in [-0.3, -0.25) is 4.79 Å². The first-order valence-electron chi connectivity index (χ1n) is 6.18. The maximum atomic E-state index is 11.4. The molecule has 1 unspecified atom stereocenters. The zero-order valence-electron chi connectivity index (χ0n) is 9.97. The van der Waals surface area contributed by atoms with Crippen LogP contribution in [0.3, 0.4) is 0 Å². The highest BCUT2D eigenvalue weighted by atomic mass is 16.4. The summed E-state index contributed by atoms with van der Waals surface area (Å²) in [6.07, 6.45) is 9.73. The molecule has 2 nitrogen and oxygen atoms in total. The number of rotatable bonds is 1. The van der Waals surface area contributed by atoms with E-state index in [2.05, 4.69) is 6.08 Å². The van der Waals surface area contributed by atoms with E-state index in [1.807, 2.05) is 42.5 Å². The van der Waals surface area contributed by atoms with E-state index in [9.17, 15) is 9.90 Å². The van der Waals surface area contributed by atoms with E-state index in [-0.39, 0.29) is 5.92 Å². The minimum atomic E-state index is -0.722. The summed E-state index contributed by atoms with van der Waals surface area (Å²) in [7, 11) is 0. The Hall–Kier alpha value is -2.09. The third kappa shape index (κ3) is 1.70. The van der Waals surface area contributed by atoms with Gasteiger partial charge in [0.15, 0.2) is 0 Å². The third-order valence-electron chi connectivity index (χ3n) is 3.58. The van der Waals surface area contributed by atoms with Crippen LogP contribution in [0, 0.1) is 5.92 Å². The quantitative estimate of drug-likeness (QED) is 0.807. The Morgan fingerprint density at radius 2 is 2.11 bits per heavy atom. The summed E-state index contributed by atoms with van der Waals surface area (Å²) in [4.78, 5) is 11.4. The fourth-order valence-electron chi connectivity index (χ4n) is 2.75. The van der Waals surface area contributed by atoms with Gasteiger partial charge < -0.3 is 5.11 Å². The molecule has 0 amide bonds. The average molecular weight is 238 g/mol. The predicted octanol–water partition coefficient (Wildman–Crippen LogP) is 1.61. The molecular formula is C16H14O2. The number of carboxylic acid groups (broad SMARTS) is 1. The van der Waals surface area contributed by atoms with Crippen molar-refractivity contribution in [2.45, 2.75) is 12.8 Å². The normalized spacial score (nSPS) is 21.2. The van der Waals surface area contributed by atoms with Crippen LogP contribution in [0.4, 0.5) is 0 Å². The van der Waals surface area contributed by atoms with Crippen molar-refractivity contribution in [3.8, 4) is 0 Å². The molecule has 0 fully saturated rings. The van der Waals surface area contributed by atoms with Gasteiger partial charge in [0.2, 0.25) is 0 Å². The SMILES string of the molecule is O=C(O)C1CCC=C2C=CC=c3ccccc3=C21. The highest BCUT2D eigenvalue weighted by Gasteiger charge is 2.27. The number of aliphatic carboxylic acids is 1. The van der Waals surface area contributed by atoms with Crippen LogP contribution < -0.4 is 10.4 Å². The number of benzene rings is 1. The zero-order valence-corrected chi connectivity index (χ0v) is 9.97. The topological polar surface area (TPSA) is 37.3 Å². The second kappa shape index (κ2) is 4.30. The predicted molar refractivity (Wildman–Crippen MR) is 71.1 cm³/mol. The molecular weight excluding hydrogens is 224 g/mol. The van der Waals surface area contributed by atoms with Crippen molar-refractivity contribution in [2.24, 2.45) is 5.92 Å². The fraction of sp³-hybridized carbons (Fsp3) is 0.188. The molecule has 1 atom stereocenters. The molecule has 0 spiro atoms. The van der Waals surface area contributed by atoms with Gasteiger partial charge in [-0.1, -0.05) is 48.6 Å². The van der Waals surface area contributed by atoms with Crippen molar-refractivity contribution in [3.63, 3.8) is 0 Å². The lowest BCUT2D eigenvalue weighted by molar-refractivity contribution is -0.139. The summed E-state index contributed by atoms with van der Waals surface area (Å²) in [6, 6.07) is 8.00. The van der Waals surface area contributed by atoms with Crippen LogP contribution in [0.15, 0.2) is 48.1 Å². The van der Waals surface area contributed by atoms with E-state index >= 15 is 0 Å². The molecule has 1 N–H and O–H groups in total.